The highest BCUT2D eigenvalue weighted by Crippen LogP contribution is 2.20. The molecular formula is C16H27NO3S. The topological polar surface area (TPSA) is 66.4 Å². The van der Waals surface area contributed by atoms with E-state index >= 15 is 0 Å². The van der Waals surface area contributed by atoms with Crippen molar-refractivity contribution in [2.45, 2.75) is 69.9 Å². The Bertz CT molecular complexity index is 528. The third-order valence-corrected chi connectivity index (χ3v) is 5.12. The van der Waals surface area contributed by atoms with Crippen molar-refractivity contribution in [2.24, 2.45) is 0 Å². The molecule has 1 aromatic carbocycles. The maximum Gasteiger partial charge on any atom is 0.240 e. The smallest absolute Gasteiger partial charge is 0.240 e. The fraction of sp³-hybridized carbons (Fsp3) is 0.625. The molecule has 2 N–H and O–H groups in total. The molecule has 0 aromatic heterocycles. The van der Waals surface area contributed by atoms with Gasteiger partial charge in [-0.1, -0.05) is 45.2 Å². The molecule has 21 heavy (non-hydrogen) atoms. The summed E-state index contributed by atoms with van der Waals surface area (Å²) in [6.45, 7) is 5.87. The van der Waals surface area contributed by atoms with Gasteiger partial charge in [0.05, 0.1) is 11.0 Å². The zero-order chi connectivity index (χ0) is 15.9. The van der Waals surface area contributed by atoms with E-state index in [4.69, 9.17) is 0 Å². The summed E-state index contributed by atoms with van der Waals surface area (Å²) in [6, 6.07) is 6.45. The lowest BCUT2D eigenvalue weighted by atomic mass is 10.1. The van der Waals surface area contributed by atoms with E-state index in [-0.39, 0.29) is 10.9 Å². The number of benzene rings is 1. The molecule has 0 saturated heterocycles. The van der Waals surface area contributed by atoms with Crippen LogP contribution in [0, 0.1) is 0 Å². The monoisotopic (exact) mass is 313 g/mol. The third kappa shape index (κ3) is 5.77. The molecule has 0 fully saturated rings. The molecule has 0 aliphatic rings. The van der Waals surface area contributed by atoms with Crippen molar-refractivity contribution in [1.82, 2.24) is 4.72 Å². The average molecular weight is 313 g/mol. The largest absolute Gasteiger partial charge is 0.388 e. The highest BCUT2D eigenvalue weighted by atomic mass is 32.2. The minimum atomic E-state index is -3.52. The van der Waals surface area contributed by atoms with E-state index in [1.807, 2.05) is 13.8 Å². The van der Waals surface area contributed by atoms with Crippen molar-refractivity contribution >= 4 is 10.0 Å². The summed E-state index contributed by atoms with van der Waals surface area (Å²) in [6.07, 6.45) is 4.03. The van der Waals surface area contributed by atoms with Crippen molar-refractivity contribution in [1.29, 1.82) is 0 Å². The highest BCUT2D eigenvalue weighted by molar-refractivity contribution is 7.89. The maximum atomic E-state index is 12.3. The van der Waals surface area contributed by atoms with Gasteiger partial charge in [-0.15, -0.1) is 0 Å². The second-order valence-corrected chi connectivity index (χ2v) is 7.23. The SMILES string of the molecule is CCCCCC(C)NS(=O)(=O)c1cccc(C(O)CC)c1. The van der Waals surface area contributed by atoms with Crippen LogP contribution < -0.4 is 4.72 Å². The van der Waals surface area contributed by atoms with Crippen LogP contribution in [0.25, 0.3) is 0 Å². The zero-order valence-electron chi connectivity index (χ0n) is 13.2. The van der Waals surface area contributed by atoms with Crippen LogP contribution in [0.3, 0.4) is 0 Å². The van der Waals surface area contributed by atoms with Crippen LogP contribution in [0.1, 0.15) is 64.5 Å². The Morgan fingerprint density at radius 3 is 2.57 bits per heavy atom. The van der Waals surface area contributed by atoms with Crippen LogP contribution in [0.5, 0.6) is 0 Å². The summed E-state index contributed by atoms with van der Waals surface area (Å²) in [5.41, 5.74) is 0.638. The van der Waals surface area contributed by atoms with E-state index in [0.717, 1.165) is 25.7 Å². The van der Waals surface area contributed by atoms with Gasteiger partial charge >= 0.3 is 0 Å². The Morgan fingerprint density at radius 2 is 1.95 bits per heavy atom. The fourth-order valence-corrected chi connectivity index (χ4v) is 3.55. The number of rotatable bonds is 9. The number of sulfonamides is 1. The van der Waals surface area contributed by atoms with Crippen molar-refractivity contribution in [3.63, 3.8) is 0 Å². The summed E-state index contributed by atoms with van der Waals surface area (Å²) in [4.78, 5) is 0.217. The molecule has 0 heterocycles. The van der Waals surface area contributed by atoms with Gasteiger partial charge in [0, 0.05) is 6.04 Å². The van der Waals surface area contributed by atoms with Crippen LogP contribution in [-0.2, 0) is 10.0 Å². The lowest BCUT2D eigenvalue weighted by molar-refractivity contribution is 0.173. The van der Waals surface area contributed by atoms with Gasteiger partial charge in [0.25, 0.3) is 0 Å². The summed E-state index contributed by atoms with van der Waals surface area (Å²) < 4.78 is 27.4. The van der Waals surface area contributed by atoms with E-state index in [0.29, 0.717) is 12.0 Å². The Hall–Kier alpha value is -0.910. The van der Waals surface area contributed by atoms with Gasteiger partial charge in [0.2, 0.25) is 10.0 Å². The number of hydrogen-bond acceptors (Lipinski definition) is 3. The molecule has 0 amide bonds. The Balaban J connectivity index is 2.78. The van der Waals surface area contributed by atoms with E-state index < -0.39 is 16.1 Å². The van der Waals surface area contributed by atoms with E-state index in [1.54, 1.807) is 24.3 Å². The normalized spacial score (nSPS) is 14.9. The summed E-state index contributed by atoms with van der Waals surface area (Å²) in [5.74, 6) is 0. The number of nitrogens with one attached hydrogen (secondary N) is 1. The van der Waals surface area contributed by atoms with Gasteiger partial charge in [0.1, 0.15) is 0 Å². The molecule has 1 rings (SSSR count). The van der Waals surface area contributed by atoms with Gasteiger partial charge in [-0.05, 0) is 37.5 Å². The summed E-state index contributed by atoms with van der Waals surface area (Å²) >= 11 is 0. The molecule has 0 saturated carbocycles. The number of aliphatic hydroxyl groups is 1. The number of unbranched alkanes of at least 4 members (excludes halogenated alkanes) is 2. The van der Waals surface area contributed by atoms with E-state index in [1.165, 1.54) is 0 Å². The molecule has 0 radical (unpaired) electrons. The van der Waals surface area contributed by atoms with Crippen molar-refractivity contribution in [3.8, 4) is 0 Å². The average Bonchev–Trinajstić information content (AvgIpc) is 2.46. The molecule has 0 bridgehead atoms. The Labute approximate surface area is 128 Å². The molecule has 4 nitrogen and oxygen atoms in total. The number of aliphatic hydroxyl groups excluding tert-OH is 1. The lowest BCUT2D eigenvalue weighted by Gasteiger charge is -2.15. The van der Waals surface area contributed by atoms with Crippen LogP contribution in [0.15, 0.2) is 29.2 Å². The van der Waals surface area contributed by atoms with Crippen molar-refractivity contribution < 1.29 is 13.5 Å². The molecule has 1 aromatic rings. The predicted molar refractivity (Wildman–Crippen MR) is 85.6 cm³/mol. The minimum absolute atomic E-state index is 0.0821. The van der Waals surface area contributed by atoms with Gasteiger partial charge in [0.15, 0.2) is 0 Å². The lowest BCUT2D eigenvalue weighted by Crippen LogP contribution is -2.32. The third-order valence-electron chi connectivity index (χ3n) is 3.54. The van der Waals surface area contributed by atoms with Gasteiger partial charge < -0.3 is 5.11 Å². The second kappa shape index (κ2) is 8.51. The molecule has 120 valence electrons. The minimum Gasteiger partial charge on any atom is -0.388 e. The first-order valence-electron chi connectivity index (χ1n) is 7.71. The second-order valence-electron chi connectivity index (χ2n) is 5.51. The van der Waals surface area contributed by atoms with Crippen molar-refractivity contribution in [3.05, 3.63) is 29.8 Å². The first-order valence-corrected chi connectivity index (χ1v) is 9.19. The highest BCUT2D eigenvalue weighted by Gasteiger charge is 2.18. The van der Waals surface area contributed by atoms with Gasteiger partial charge in [-0.25, -0.2) is 13.1 Å². The maximum absolute atomic E-state index is 12.3. The first-order chi connectivity index (χ1) is 9.90. The Morgan fingerprint density at radius 1 is 1.24 bits per heavy atom. The van der Waals surface area contributed by atoms with E-state index in [2.05, 4.69) is 11.6 Å². The standard InChI is InChI=1S/C16H27NO3S/c1-4-6-7-9-13(3)17-21(19,20)15-11-8-10-14(12-15)16(18)5-2/h8,10-13,16-18H,4-7,9H2,1-3H3. The summed E-state index contributed by atoms with van der Waals surface area (Å²) in [5, 5.41) is 9.83. The molecular weight excluding hydrogens is 286 g/mol. The fourth-order valence-electron chi connectivity index (χ4n) is 2.22. The molecule has 0 aliphatic carbocycles. The molecule has 2 atom stereocenters. The quantitative estimate of drug-likeness (QED) is 0.687. The van der Waals surface area contributed by atoms with Crippen LogP contribution in [0.2, 0.25) is 0 Å². The Kier molecular flexibility index (Phi) is 7.35. The molecule has 0 spiro atoms. The number of hydrogen-bond donors (Lipinski definition) is 2. The zero-order valence-corrected chi connectivity index (χ0v) is 14.0. The van der Waals surface area contributed by atoms with E-state index in [9.17, 15) is 13.5 Å². The van der Waals surface area contributed by atoms with Crippen LogP contribution >= 0.6 is 0 Å². The molecule has 5 heteroatoms. The first kappa shape index (κ1) is 18.1. The van der Waals surface area contributed by atoms with Crippen LogP contribution in [0.4, 0.5) is 0 Å². The van der Waals surface area contributed by atoms with Crippen molar-refractivity contribution in [2.75, 3.05) is 0 Å². The van der Waals surface area contributed by atoms with Gasteiger partial charge in [-0.2, -0.15) is 0 Å². The van der Waals surface area contributed by atoms with Gasteiger partial charge in [-0.3, -0.25) is 0 Å². The molecule has 0 aliphatic heterocycles. The summed E-state index contributed by atoms with van der Waals surface area (Å²) in [7, 11) is -3.52. The van der Waals surface area contributed by atoms with Crippen LogP contribution in [-0.4, -0.2) is 19.6 Å². The predicted octanol–water partition coefficient (Wildman–Crippen LogP) is 3.38. The molecule has 2 unspecified atom stereocenters.